The van der Waals surface area contributed by atoms with Gasteiger partial charge in [0, 0.05) is 10.9 Å². The van der Waals surface area contributed by atoms with Gasteiger partial charge < -0.3 is 25.4 Å². The zero-order chi connectivity index (χ0) is 38.0. The Kier molecular flexibility index (Phi) is 11.5. The second-order valence-electron chi connectivity index (χ2n) is 14.4. The fourth-order valence-corrected chi connectivity index (χ4v) is 7.17. The van der Waals surface area contributed by atoms with Crippen molar-refractivity contribution >= 4 is 56.3 Å². The van der Waals surface area contributed by atoms with Crippen molar-refractivity contribution in [1.29, 1.82) is 0 Å². The third-order valence-electron chi connectivity index (χ3n) is 8.75. The van der Waals surface area contributed by atoms with Gasteiger partial charge in [0.15, 0.2) is 16.9 Å². The first-order valence-electron chi connectivity index (χ1n) is 17.0. The van der Waals surface area contributed by atoms with Crippen LogP contribution < -0.4 is 21.1 Å². The molecule has 284 valence electrons. The number of anilines is 1. The number of benzene rings is 1. The number of β-lactam (4-membered cyclic amide) rings is 1. The van der Waals surface area contributed by atoms with Crippen molar-refractivity contribution in [3.8, 4) is 5.75 Å². The molecule has 1 saturated carbocycles. The van der Waals surface area contributed by atoms with Gasteiger partial charge in [-0.15, -0.1) is 15.6 Å². The molecular weight excluding hydrogens is 719 g/mol. The molecule has 1 aromatic carbocycles. The molecule has 5 N–H and O–H groups in total. The van der Waals surface area contributed by atoms with E-state index in [0.717, 1.165) is 35.3 Å². The van der Waals surface area contributed by atoms with Gasteiger partial charge in [0.05, 0.1) is 11.6 Å². The normalized spacial score (nSPS) is 21.7. The van der Waals surface area contributed by atoms with Gasteiger partial charge in [-0.3, -0.25) is 24.5 Å². The lowest BCUT2D eigenvalue weighted by Crippen LogP contribution is -2.76. The molecule has 0 radical (unpaired) electrons. The number of hydroxylamine groups is 2. The molecule has 17 nitrogen and oxygen atoms in total. The third-order valence-corrected chi connectivity index (χ3v) is 9.85. The van der Waals surface area contributed by atoms with Gasteiger partial charge in [-0.2, -0.15) is 13.5 Å². The average Bonchev–Trinajstić information content (AvgIpc) is 3.52. The van der Waals surface area contributed by atoms with Crippen LogP contribution in [0.25, 0.3) is 0 Å². The molecule has 1 aliphatic carbocycles. The van der Waals surface area contributed by atoms with Crippen LogP contribution in [-0.4, -0.2) is 87.9 Å². The van der Waals surface area contributed by atoms with Gasteiger partial charge in [-0.05, 0) is 91.0 Å². The molecule has 2 fully saturated rings. The van der Waals surface area contributed by atoms with Crippen LogP contribution in [0.4, 0.5) is 9.93 Å². The third kappa shape index (κ3) is 9.55. The molecule has 1 aromatic heterocycles. The number of aliphatic imine (C=N–C) groups is 1. The quantitative estimate of drug-likeness (QED) is 0.0840. The summed E-state index contributed by atoms with van der Waals surface area (Å²) in [4.78, 5) is 53.6. The maximum Gasteiger partial charge on any atom is 0.418 e. The second kappa shape index (κ2) is 15.3. The minimum Gasteiger partial charge on any atom is -0.486 e. The zero-order valence-corrected chi connectivity index (χ0v) is 31.5. The lowest BCUT2D eigenvalue weighted by Gasteiger charge is -2.50. The topological polar surface area (TPSA) is 233 Å². The van der Waals surface area contributed by atoms with E-state index in [0.29, 0.717) is 29.5 Å². The average molecular weight is 764 g/mol. The Bertz CT molecular complexity index is 1850. The van der Waals surface area contributed by atoms with Crippen molar-refractivity contribution in [2.45, 2.75) is 122 Å². The largest absolute Gasteiger partial charge is 0.486 e. The van der Waals surface area contributed by atoms with Gasteiger partial charge in [-0.1, -0.05) is 24.4 Å². The van der Waals surface area contributed by atoms with Crippen molar-refractivity contribution < 1.29 is 45.9 Å². The van der Waals surface area contributed by atoms with Crippen LogP contribution in [0, 0.1) is 0 Å². The number of nitrogens with two attached hydrogens (primary N) is 1. The molecule has 52 heavy (non-hydrogen) atoms. The Hall–Kier alpha value is -4.33. The highest BCUT2D eigenvalue weighted by Crippen LogP contribution is 2.34. The fraction of sp³-hybridized carbons (Fsp3) is 0.576. The van der Waals surface area contributed by atoms with Crippen LogP contribution in [0.5, 0.6) is 5.75 Å². The summed E-state index contributed by atoms with van der Waals surface area (Å²) in [6.07, 6.45) is 5.04. The first-order chi connectivity index (χ1) is 24.3. The number of carbonyl (C=O) groups is 3. The van der Waals surface area contributed by atoms with Crippen LogP contribution >= 0.6 is 11.3 Å². The highest BCUT2D eigenvalue weighted by molar-refractivity contribution is 7.80. The number of fused-ring (bicyclic) bond motifs is 1. The number of oxime groups is 1. The Morgan fingerprint density at radius 2 is 1.90 bits per heavy atom. The molecule has 19 heteroatoms. The van der Waals surface area contributed by atoms with E-state index in [1.807, 2.05) is 18.2 Å². The molecule has 3 unspecified atom stereocenters. The van der Waals surface area contributed by atoms with E-state index in [2.05, 4.69) is 25.1 Å². The van der Waals surface area contributed by atoms with Gasteiger partial charge >= 0.3 is 16.5 Å². The molecule has 0 bridgehead atoms. The summed E-state index contributed by atoms with van der Waals surface area (Å²) < 4.78 is 47.5. The maximum atomic E-state index is 13.7. The molecule has 3 atom stereocenters. The molecule has 3 aliphatic rings. The number of nitrogens with zero attached hydrogens (tertiary/aromatic N) is 4. The fourth-order valence-electron chi connectivity index (χ4n) is 6.04. The number of carbonyl (C=O) groups excluding carboxylic acids is 3. The summed E-state index contributed by atoms with van der Waals surface area (Å²) in [6, 6.07) is 4.71. The predicted molar refractivity (Wildman–Crippen MR) is 191 cm³/mol. The van der Waals surface area contributed by atoms with Gasteiger partial charge in [0.2, 0.25) is 0 Å². The van der Waals surface area contributed by atoms with E-state index in [-0.39, 0.29) is 22.6 Å². The van der Waals surface area contributed by atoms with Gasteiger partial charge in [0.25, 0.3) is 11.8 Å². The van der Waals surface area contributed by atoms with Crippen molar-refractivity contribution in [1.82, 2.24) is 15.4 Å². The van der Waals surface area contributed by atoms with E-state index >= 15 is 0 Å². The molecule has 2 aromatic rings. The number of nitrogens with one attached hydrogen (secondary N) is 2. The molecule has 3 amide bonds. The molecule has 3 heterocycles. The number of amidine groups is 1. The second-order valence-corrected chi connectivity index (χ2v) is 16.3. The summed E-state index contributed by atoms with van der Waals surface area (Å²) in [5, 5.41) is 11.1. The number of amides is 3. The van der Waals surface area contributed by atoms with Crippen molar-refractivity contribution in [3.63, 3.8) is 0 Å². The molecule has 0 spiro atoms. The van der Waals surface area contributed by atoms with Crippen LogP contribution in [-0.2, 0) is 40.3 Å². The number of thiazole rings is 1. The van der Waals surface area contributed by atoms with Crippen molar-refractivity contribution in [2.75, 3.05) is 5.32 Å². The van der Waals surface area contributed by atoms with Crippen molar-refractivity contribution in [2.24, 2.45) is 15.9 Å². The Balaban J connectivity index is 1.31. The molecule has 2 aliphatic heterocycles. The predicted octanol–water partition coefficient (Wildman–Crippen LogP) is 3.87. The Labute approximate surface area is 306 Å². The Morgan fingerprint density at radius 1 is 1.19 bits per heavy atom. The van der Waals surface area contributed by atoms with Crippen LogP contribution in [0.3, 0.4) is 0 Å². The monoisotopic (exact) mass is 763 g/mol. The van der Waals surface area contributed by atoms with E-state index in [4.69, 9.17) is 29.6 Å². The highest BCUT2D eigenvalue weighted by Gasteiger charge is 2.58. The molecular formula is C33H45N7O10S2. The number of hydrogen-bond donors (Lipinski definition) is 4. The minimum atomic E-state index is -5.00. The van der Waals surface area contributed by atoms with E-state index < -0.39 is 57.7 Å². The standard InChI is InChI=1S/C33H45N7O10S2/c1-18(23-14-12-19-16-20(13-15-24(19)47-23)27(34)35-21-10-8-7-9-11-21)49-39-25(22-17-51-30(36-22)38-31(43)48-32(2,3)4)28(41)37-26-29(42)40(33(26,5)6)50-52(44,45)46/h13,15-18,21,23,26H,7-12,14H2,1-6H3,(H2,34,35)(H,37,41)(H,36,38,43)(H,44,45,46)/b39-25-. The number of aryl methyl sites for hydroxylation is 1. The number of aromatic nitrogens is 1. The van der Waals surface area contributed by atoms with Crippen molar-refractivity contribution in [3.05, 3.63) is 40.4 Å². The van der Waals surface area contributed by atoms with Crippen LogP contribution in [0.2, 0.25) is 0 Å². The minimum absolute atomic E-state index is 0.00583. The summed E-state index contributed by atoms with van der Waals surface area (Å²) in [6.45, 7) is 9.68. The van der Waals surface area contributed by atoms with Gasteiger partial charge in [0.1, 0.15) is 35.0 Å². The number of hydrogen-bond acceptors (Lipinski definition) is 13. The highest BCUT2D eigenvalue weighted by atomic mass is 32.3. The SMILES string of the molecule is CC(O/N=C(\C(=O)NC1C(=O)N(OS(=O)(=O)O)C1(C)C)c1csc(NC(=O)OC(C)(C)C)n1)C1CCc2cc(C(N)=NC3CCCCC3)ccc2O1. The van der Waals surface area contributed by atoms with Crippen LogP contribution in [0.15, 0.2) is 33.7 Å². The molecule has 1 saturated heterocycles. The van der Waals surface area contributed by atoms with Crippen LogP contribution in [0.1, 0.15) is 96.9 Å². The number of ether oxygens (including phenoxy) is 2. The Morgan fingerprint density at radius 3 is 2.56 bits per heavy atom. The van der Waals surface area contributed by atoms with E-state index in [1.165, 1.54) is 38.5 Å². The van der Waals surface area contributed by atoms with E-state index in [9.17, 15) is 22.8 Å². The lowest BCUT2D eigenvalue weighted by molar-refractivity contribution is -0.218. The smallest absolute Gasteiger partial charge is 0.418 e. The maximum absolute atomic E-state index is 13.7. The van der Waals surface area contributed by atoms with Gasteiger partial charge in [-0.25, -0.2) is 9.78 Å². The van der Waals surface area contributed by atoms with E-state index in [1.54, 1.807) is 27.7 Å². The molecule has 5 rings (SSSR count). The summed E-state index contributed by atoms with van der Waals surface area (Å²) in [7, 11) is -5.00. The summed E-state index contributed by atoms with van der Waals surface area (Å²) >= 11 is 0.991. The zero-order valence-electron chi connectivity index (χ0n) is 29.9. The summed E-state index contributed by atoms with van der Waals surface area (Å²) in [5.74, 6) is -0.641. The number of rotatable bonds is 11. The first-order valence-corrected chi connectivity index (χ1v) is 19.2. The summed E-state index contributed by atoms with van der Waals surface area (Å²) in [5.41, 5.74) is 5.71. The first kappa shape index (κ1) is 38.9. The lowest BCUT2D eigenvalue weighted by atomic mass is 9.84.